The Kier molecular flexibility index (Phi) is 7.33. The van der Waals surface area contributed by atoms with Crippen LogP contribution >= 0.6 is 12.2 Å². The summed E-state index contributed by atoms with van der Waals surface area (Å²) in [6.45, 7) is 6.53. The average molecular weight is 264 g/mol. The number of thiocarbonyl (C=S) groups is 1. The standard InChI is InChI=1S/C10H19NO3S2/c1-10(2,3)14-8(12)11-6-4-5-7-13-9(15)16/h4-7H2,1-3H3,(H,11,12)(H,15,16)/p-1. The van der Waals surface area contributed by atoms with E-state index in [2.05, 4.69) is 30.2 Å². The lowest BCUT2D eigenvalue weighted by Gasteiger charge is -2.19. The first-order valence-corrected chi connectivity index (χ1v) is 5.93. The summed E-state index contributed by atoms with van der Waals surface area (Å²) in [6.07, 6.45) is 1.20. The molecular weight excluding hydrogens is 246 g/mol. The summed E-state index contributed by atoms with van der Waals surface area (Å²) in [5, 5.41) is 2.65. The Hall–Kier alpha value is -0.620. The number of nitrogens with one attached hydrogen (secondary N) is 1. The third-order valence-corrected chi connectivity index (χ3v) is 1.69. The van der Waals surface area contributed by atoms with Gasteiger partial charge in [-0.05, 0) is 33.6 Å². The van der Waals surface area contributed by atoms with Crippen molar-refractivity contribution < 1.29 is 14.3 Å². The van der Waals surface area contributed by atoms with E-state index in [0.29, 0.717) is 13.2 Å². The topological polar surface area (TPSA) is 47.6 Å². The smallest absolute Gasteiger partial charge is 0.407 e. The first kappa shape index (κ1) is 15.4. The van der Waals surface area contributed by atoms with Crippen LogP contribution in [0.2, 0.25) is 0 Å². The molecule has 1 amide bonds. The second-order valence-corrected chi connectivity index (χ2v) is 5.23. The molecule has 1 N–H and O–H groups in total. The largest absolute Gasteiger partial charge is 0.514 e. The Morgan fingerprint density at radius 1 is 1.38 bits per heavy atom. The van der Waals surface area contributed by atoms with Gasteiger partial charge < -0.3 is 39.6 Å². The summed E-state index contributed by atoms with van der Waals surface area (Å²) >= 11 is 9.16. The number of alkyl carbamates (subject to hydrolysis) is 1. The number of amides is 1. The van der Waals surface area contributed by atoms with Crippen molar-refractivity contribution in [3.8, 4) is 0 Å². The Bertz CT molecular complexity index is 239. The van der Waals surface area contributed by atoms with Gasteiger partial charge in [-0.15, -0.1) is 0 Å². The minimum Gasteiger partial charge on any atom is -0.514 e. The number of carbonyl (C=O) groups is 1. The zero-order chi connectivity index (χ0) is 12.6. The van der Waals surface area contributed by atoms with Gasteiger partial charge in [0.15, 0.2) is 0 Å². The zero-order valence-electron chi connectivity index (χ0n) is 9.87. The number of unbranched alkanes of at least 4 members (excludes halogenated alkanes) is 1. The Morgan fingerprint density at radius 2 is 2.00 bits per heavy atom. The van der Waals surface area contributed by atoms with Crippen LogP contribution in [0.4, 0.5) is 4.79 Å². The third-order valence-electron chi connectivity index (χ3n) is 1.46. The van der Waals surface area contributed by atoms with Gasteiger partial charge >= 0.3 is 6.09 Å². The monoisotopic (exact) mass is 264 g/mol. The lowest BCUT2D eigenvalue weighted by atomic mass is 10.2. The van der Waals surface area contributed by atoms with E-state index >= 15 is 0 Å². The van der Waals surface area contributed by atoms with Gasteiger partial charge in [0.2, 0.25) is 0 Å². The zero-order valence-corrected chi connectivity index (χ0v) is 11.5. The molecule has 0 aromatic heterocycles. The number of hydrogen-bond donors (Lipinski definition) is 1. The predicted octanol–water partition coefficient (Wildman–Crippen LogP) is 2.14. The minimum absolute atomic E-state index is 0.139. The van der Waals surface area contributed by atoms with E-state index in [1.807, 2.05) is 20.8 Å². The van der Waals surface area contributed by atoms with Crippen LogP contribution in [-0.4, -0.2) is 29.2 Å². The van der Waals surface area contributed by atoms with E-state index in [1.165, 1.54) is 0 Å². The van der Waals surface area contributed by atoms with Crippen molar-refractivity contribution in [2.45, 2.75) is 39.2 Å². The Balaban J connectivity index is 3.38. The first-order chi connectivity index (χ1) is 7.31. The van der Waals surface area contributed by atoms with Gasteiger partial charge in [0.05, 0.1) is 6.61 Å². The Labute approximate surface area is 107 Å². The van der Waals surface area contributed by atoms with Crippen molar-refractivity contribution in [1.82, 2.24) is 5.32 Å². The van der Waals surface area contributed by atoms with Crippen molar-refractivity contribution >= 4 is 35.3 Å². The van der Waals surface area contributed by atoms with E-state index in [0.717, 1.165) is 12.8 Å². The predicted molar refractivity (Wildman–Crippen MR) is 69.4 cm³/mol. The molecule has 0 unspecified atom stereocenters. The molecule has 0 heterocycles. The second kappa shape index (κ2) is 7.62. The van der Waals surface area contributed by atoms with Gasteiger partial charge in [-0.1, -0.05) is 0 Å². The minimum atomic E-state index is -0.457. The first-order valence-electron chi connectivity index (χ1n) is 5.12. The number of ether oxygens (including phenoxy) is 2. The van der Waals surface area contributed by atoms with E-state index < -0.39 is 11.7 Å². The molecule has 0 aliphatic heterocycles. The van der Waals surface area contributed by atoms with Crippen LogP contribution in [-0.2, 0) is 22.1 Å². The van der Waals surface area contributed by atoms with Gasteiger partial charge in [0.25, 0.3) is 0 Å². The van der Waals surface area contributed by atoms with Crippen molar-refractivity contribution in [2.75, 3.05) is 13.2 Å². The fraction of sp³-hybridized carbons (Fsp3) is 0.800. The van der Waals surface area contributed by atoms with Crippen molar-refractivity contribution in [3.05, 3.63) is 0 Å². The fourth-order valence-electron chi connectivity index (χ4n) is 0.887. The lowest BCUT2D eigenvalue weighted by molar-refractivity contribution is 0.0526. The molecule has 0 spiro atoms. The molecule has 0 bridgehead atoms. The van der Waals surface area contributed by atoms with Crippen LogP contribution in [0.1, 0.15) is 33.6 Å². The molecule has 94 valence electrons. The lowest BCUT2D eigenvalue weighted by Crippen LogP contribution is -2.33. The summed E-state index contributed by atoms with van der Waals surface area (Å²) < 4.78 is 10.1. The molecular formula is C10H18NO3S2-. The fourth-order valence-corrected chi connectivity index (χ4v) is 1.05. The highest BCUT2D eigenvalue weighted by Crippen LogP contribution is 2.06. The average Bonchev–Trinajstić information content (AvgIpc) is 2.07. The van der Waals surface area contributed by atoms with Gasteiger partial charge in [-0.2, -0.15) is 0 Å². The molecule has 0 aliphatic rings. The summed E-state index contributed by atoms with van der Waals surface area (Å²) in [5.41, 5.74) is -0.457. The van der Waals surface area contributed by atoms with Crippen molar-refractivity contribution in [1.29, 1.82) is 0 Å². The molecule has 0 aromatic rings. The number of rotatable bonds is 5. The maximum Gasteiger partial charge on any atom is 0.407 e. The van der Waals surface area contributed by atoms with Crippen LogP contribution in [0.25, 0.3) is 0 Å². The quantitative estimate of drug-likeness (QED) is 0.468. The molecule has 0 fully saturated rings. The van der Waals surface area contributed by atoms with Gasteiger partial charge in [0, 0.05) is 10.9 Å². The highest BCUT2D eigenvalue weighted by atomic mass is 32.1. The molecule has 0 radical (unpaired) electrons. The maximum absolute atomic E-state index is 11.2. The summed E-state index contributed by atoms with van der Waals surface area (Å²) in [6, 6.07) is 0. The Morgan fingerprint density at radius 3 is 2.50 bits per heavy atom. The van der Waals surface area contributed by atoms with Crippen LogP contribution in [0.5, 0.6) is 0 Å². The molecule has 0 saturated carbocycles. The molecule has 0 rings (SSSR count). The van der Waals surface area contributed by atoms with E-state index in [-0.39, 0.29) is 4.38 Å². The van der Waals surface area contributed by atoms with Crippen LogP contribution in [0.15, 0.2) is 0 Å². The molecule has 6 heteroatoms. The SMILES string of the molecule is CC(C)(C)OC(=O)NCCCCOC(=S)[S-]. The van der Waals surface area contributed by atoms with Crippen LogP contribution in [0.3, 0.4) is 0 Å². The number of carbonyl (C=O) groups excluding carboxylic acids is 1. The second-order valence-electron chi connectivity index (χ2n) is 4.23. The molecule has 0 aromatic carbocycles. The van der Waals surface area contributed by atoms with E-state index in [9.17, 15) is 4.79 Å². The number of hydrogen-bond acceptors (Lipinski definition) is 5. The molecule has 0 saturated heterocycles. The maximum atomic E-state index is 11.2. The van der Waals surface area contributed by atoms with Gasteiger partial charge in [-0.3, -0.25) is 0 Å². The van der Waals surface area contributed by atoms with Gasteiger partial charge in [0.1, 0.15) is 5.60 Å². The summed E-state index contributed by atoms with van der Waals surface area (Å²) in [5.74, 6) is 0. The molecule has 16 heavy (non-hydrogen) atoms. The van der Waals surface area contributed by atoms with E-state index in [1.54, 1.807) is 0 Å². The molecule has 0 aliphatic carbocycles. The highest BCUT2D eigenvalue weighted by Gasteiger charge is 2.15. The summed E-state index contributed by atoms with van der Waals surface area (Å²) in [4.78, 5) is 11.2. The van der Waals surface area contributed by atoms with E-state index in [4.69, 9.17) is 9.47 Å². The summed E-state index contributed by atoms with van der Waals surface area (Å²) in [7, 11) is 0. The molecule has 0 atom stereocenters. The normalized spacial score (nSPS) is 10.7. The highest BCUT2D eigenvalue weighted by molar-refractivity contribution is 7.99. The van der Waals surface area contributed by atoms with Crippen LogP contribution in [0, 0.1) is 0 Å². The van der Waals surface area contributed by atoms with Gasteiger partial charge in [-0.25, -0.2) is 4.79 Å². The molecule has 4 nitrogen and oxygen atoms in total. The van der Waals surface area contributed by atoms with Crippen LogP contribution < -0.4 is 5.32 Å². The van der Waals surface area contributed by atoms with Crippen molar-refractivity contribution in [3.63, 3.8) is 0 Å². The third kappa shape index (κ3) is 11.5. The van der Waals surface area contributed by atoms with Crippen molar-refractivity contribution in [2.24, 2.45) is 0 Å².